The summed E-state index contributed by atoms with van der Waals surface area (Å²) in [5, 5.41) is 0. The first-order valence-corrected chi connectivity index (χ1v) is 8.05. The minimum atomic E-state index is 0.461. The van der Waals surface area contributed by atoms with E-state index in [0.717, 1.165) is 41.5 Å². The summed E-state index contributed by atoms with van der Waals surface area (Å²) >= 11 is 0. The third-order valence-electron chi connectivity index (χ3n) is 3.91. The zero-order chi connectivity index (χ0) is 16.8. The first-order chi connectivity index (χ1) is 11.8. The second-order valence-corrected chi connectivity index (χ2v) is 5.53. The van der Waals surface area contributed by atoms with Crippen LogP contribution in [0.5, 0.6) is 5.75 Å². The van der Waals surface area contributed by atoms with Crippen molar-refractivity contribution in [1.29, 1.82) is 0 Å². The van der Waals surface area contributed by atoms with Crippen LogP contribution in [0.25, 0.3) is 11.0 Å². The topological polar surface area (TPSA) is 44.1 Å². The first kappa shape index (κ1) is 16.0. The summed E-state index contributed by atoms with van der Waals surface area (Å²) in [6.45, 7) is 5.05. The van der Waals surface area contributed by atoms with Crippen molar-refractivity contribution in [3.05, 3.63) is 72.6 Å². The predicted molar refractivity (Wildman–Crippen MR) is 95.6 cm³/mol. The fourth-order valence-electron chi connectivity index (χ4n) is 2.79. The van der Waals surface area contributed by atoms with E-state index in [2.05, 4.69) is 11.6 Å². The van der Waals surface area contributed by atoms with Crippen molar-refractivity contribution >= 4 is 17.3 Å². The van der Waals surface area contributed by atoms with Crippen LogP contribution in [0.15, 0.2) is 61.2 Å². The Morgan fingerprint density at radius 3 is 2.75 bits per heavy atom. The fourth-order valence-corrected chi connectivity index (χ4v) is 2.79. The minimum absolute atomic E-state index is 0.461. The average Bonchev–Trinajstić information content (AvgIpc) is 2.98. The van der Waals surface area contributed by atoms with E-state index in [1.165, 1.54) is 0 Å². The van der Waals surface area contributed by atoms with Crippen LogP contribution >= 0.6 is 0 Å². The number of carbonyl (C=O) groups is 1. The lowest BCUT2D eigenvalue weighted by molar-refractivity contribution is 0.111. The standard InChI is InChI=1S/C20H20N2O2/c1-2-8-16-9-3-6-12-19(16)24-14-7-13-22-18-11-5-4-10-17(18)21-20(22)15-23/h2-6,9-12,15H,1,7-8,13-14H2. The molecule has 0 radical (unpaired) electrons. The van der Waals surface area contributed by atoms with Crippen molar-refractivity contribution in [3.63, 3.8) is 0 Å². The lowest BCUT2D eigenvalue weighted by Gasteiger charge is -2.11. The monoisotopic (exact) mass is 320 g/mol. The van der Waals surface area contributed by atoms with Gasteiger partial charge in [0.05, 0.1) is 17.6 Å². The molecule has 0 saturated heterocycles. The molecule has 0 aliphatic rings. The lowest BCUT2D eigenvalue weighted by atomic mass is 10.1. The van der Waals surface area contributed by atoms with Gasteiger partial charge in [-0.15, -0.1) is 6.58 Å². The van der Waals surface area contributed by atoms with E-state index in [-0.39, 0.29) is 0 Å². The lowest BCUT2D eigenvalue weighted by Crippen LogP contribution is -2.08. The molecule has 1 heterocycles. The minimum Gasteiger partial charge on any atom is -0.493 e. The molecule has 0 aliphatic heterocycles. The van der Waals surface area contributed by atoms with E-state index < -0.39 is 0 Å². The molecule has 4 nitrogen and oxygen atoms in total. The normalized spacial score (nSPS) is 10.7. The van der Waals surface area contributed by atoms with E-state index in [0.29, 0.717) is 19.0 Å². The number of para-hydroxylation sites is 3. The molecule has 0 bridgehead atoms. The smallest absolute Gasteiger partial charge is 0.185 e. The Morgan fingerprint density at radius 2 is 1.92 bits per heavy atom. The molecule has 122 valence electrons. The van der Waals surface area contributed by atoms with Gasteiger partial charge in [-0.1, -0.05) is 36.4 Å². The highest BCUT2D eigenvalue weighted by atomic mass is 16.5. The third-order valence-corrected chi connectivity index (χ3v) is 3.91. The number of imidazole rings is 1. The Bertz CT molecular complexity index is 852. The van der Waals surface area contributed by atoms with Crippen LogP contribution in [0.1, 0.15) is 22.6 Å². The first-order valence-electron chi connectivity index (χ1n) is 8.05. The maximum atomic E-state index is 11.2. The highest BCUT2D eigenvalue weighted by Gasteiger charge is 2.09. The summed E-state index contributed by atoms with van der Waals surface area (Å²) < 4.78 is 7.85. The Kier molecular flexibility index (Phi) is 5.06. The third kappa shape index (κ3) is 3.38. The van der Waals surface area contributed by atoms with Gasteiger partial charge in [0.25, 0.3) is 0 Å². The molecule has 0 spiro atoms. The molecule has 3 aromatic rings. The summed E-state index contributed by atoms with van der Waals surface area (Å²) in [6, 6.07) is 15.8. The summed E-state index contributed by atoms with van der Waals surface area (Å²) in [6.07, 6.45) is 4.26. The largest absolute Gasteiger partial charge is 0.493 e. The molecule has 0 atom stereocenters. The number of hydrogen-bond acceptors (Lipinski definition) is 3. The number of allylic oxidation sites excluding steroid dienone is 1. The van der Waals surface area contributed by atoms with E-state index in [1.807, 2.05) is 59.2 Å². The van der Waals surface area contributed by atoms with Crippen LogP contribution in [-0.4, -0.2) is 22.4 Å². The van der Waals surface area contributed by atoms with E-state index in [1.54, 1.807) is 0 Å². The van der Waals surface area contributed by atoms with Gasteiger partial charge in [0, 0.05) is 6.54 Å². The van der Waals surface area contributed by atoms with Crippen molar-refractivity contribution in [1.82, 2.24) is 9.55 Å². The number of aromatic nitrogens is 2. The van der Waals surface area contributed by atoms with Crippen molar-refractivity contribution in [2.75, 3.05) is 6.61 Å². The molecular weight excluding hydrogens is 300 g/mol. The van der Waals surface area contributed by atoms with E-state index >= 15 is 0 Å². The Labute approximate surface area is 141 Å². The molecule has 2 aromatic carbocycles. The number of fused-ring (bicyclic) bond motifs is 1. The molecule has 1 aromatic heterocycles. The maximum absolute atomic E-state index is 11.2. The van der Waals surface area contributed by atoms with Crippen molar-refractivity contribution in [3.8, 4) is 5.75 Å². The van der Waals surface area contributed by atoms with E-state index in [9.17, 15) is 4.79 Å². The van der Waals surface area contributed by atoms with Crippen LogP contribution in [0.2, 0.25) is 0 Å². The molecule has 0 unspecified atom stereocenters. The summed E-state index contributed by atoms with van der Waals surface area (Å²) in [7, 11) is 0. The molecule has 0 fully saturated rings. The number of rotatable bonds is 8. The zero-order valence-electron chi connectivity index (χ0n) is 13.5. The van der Waals surface area contributed by atoms with Crippen LogP contribution in [0.3, 0.4) is 0 Å². The van der Waals surface area contributed by atoms with Gasteiger partial charge in [-0.3, -0.25) is 4.79 Å². The van der Waals surface area contributed by atoms with Gasteiger partial charge in [-0.05, 0) is 36.6 Å². The number of carbonyl (C=O) groups excluding carboxylic acids is 1. The van der Waals surface area contributed by atoms with E-state index in [4.69, 9.17) is 4.74 Å². The van der Waals surface area contributed by atoms with Crippen LogP contribution in [0.4, 0.5) is 0 Å². The number of benzene rings is 2. The van der Waals surface area contributed by atoms with Crippen LogP contribution in [-0.2, 0) is 13.0 Å². The number of hydrogen-bond donors (Lipinski definition) is 0. The summed E-state index contributed by atoms with van der Waals surface area (Å²) in [5.74, 6) is 1.35. The van der Waals surface area contributed by atoms with Crippen molar-refractivity contribution in [2.24, 2.45) is 0 Å². The molecule has 3 rings (SSSR count). The molecule has 0 aliphatic carbocycles. The Balaban J connectivity index is 1.65. The molecule has 0 N–H and O–H groups in total. The molecule has 24 heavy (non-hydrogen) atoms. The van der Waals surface area contributed by atoms with Gasteiger partial charge in [-0.25, -0.2) is 4.98 Å². The van der Waals surface area contributed by atoms with Crippen molar-refractivity contribution in [2.45, 2.75) is 19.4 Å². The zero-order valence-corrected chi connectivity index (χ0v) is 13.5. The second kappa shape index (κ2) is 7.59. The number of ether oxygens (including phenoxy) is 1. The van der Waals surface area contributed by atoms with Gasteiger partial charge in [0.15, 0.2) is 12.1 Å². The van der Waals surface area contributed by atoms with Gasteiger partial charge < -0.3 is 9.30 Å². The Morgan fingerprint density at radius 1 is 1.12 bits per heavy atom. The van der Waals surface area contributed by atoms with Gasteiger partial charge >= 0.3 is 0 Å². The summed E-state index contributed by atoms with van der Waals surface area (Å²) in [5.41, 5.74) is 2.96. The molecule has 0 amide bonds. The number of nitrogens with zero attached hydrogens (tertiary/aromatic N) is 2. The highest BCUT2D eigenvalue weighted by molar-refractivity contribution is 5.82. The van der Waals surface area contributed by atoms with Crippen molar-refractivity contribution < 1.29 is 9.53 Å². The Hall–Kier alpha value is -2.88. The molecular formula is C20H20N2O2. The fraction of sp³-hybridized carbons (Fsp3) is 0.200. The second-order valence-electron chi connectivity index (χ2n) is 5.53. The SMILES string of the molecule is C=CCc1ccccc1OCCCn1c(C=O)nc2ccccc21. The molecule has 4 heteroatoms. The average molecular weight is 320 g/mol. The van der Waals surface area contributed by atoms with Crippen LogP contribution < -0.4 is 4.74 Å². The molecule has 0 saturated carbocycles. The highest BCUT2D eigenvalue weighted by Crippen LogP contribution is 2.19. The quantitative estimate of drug-likeness (QED) is 0.357. The van der Waals surface area contributed by atoms with Gasteiger partial charge in [-0.2, -0.15) is 0 Å². The summed E-state index contributed by atoms with van der Waals surface area (Å²) in [4.78, 5) is 15.6. The van der Waals surface area contributed by atoms with Gasteiger partial charge in [0.1, 0.15) is 5.75 Å². The number of aryl methyl sites for hydroxylation is 1. The predicted octanol–water partition coefficient (Wildman–Crippen LogP) is 4.05. The number of aldehydes is 1. The van der Waals surface area contributed by atoms with Gasteiger partial charge in [0.2, 0.25) is 0 Å². The van der Waals surface area contributed by atoms with Crippen LogP contribution in [0, 0.1) is 0 Å². The maximum Gasteiger partial charge on any atom is 0.185 e.